The molecular weight excluding hydrogens is 211 g/mol. The van der Waals surface area contributed by atoms with Crippen molar-refractivity contribution in [2.24, 2.45) is 5.92 Å². The third kappa shape index (κ3) is 4.29. The Hall–Kier alpha value is -1.58. The normalized spacial score (nSPS) is 11.9. The number of hydrogen-bond acceptors (Lipinski definition) is 3. The number of methoxy groups -OCH3 is 1. The number of ether oxygens (including phenoxy) is 2. The molecule has 0 fully saturated rings. The average molecular weight is 226 g/mol. The van der Waals surface area contributed by atoms with Crippen molar-refractivity contribution in [3.63, 3.8) is 0 Å². The van der Waals surface area contributed by atoms with Crippen LogP contribution in [0.5, 0.6) is 5.75 Å². The number of rotatable bonds is 5. The van der Waals surface area contributed by atoms with Crippen LogP contribution in [0.4, 0.5) is 4.39 Å². The Bertz CT molecular complexity index is 352. The highest BCUT2D eigenvalue weighted by molar-refractivity contribution is 5.69. The average Bonchev–Trinajstić information content (AvgIpc) is 2.26. The molecule has 1 aromatic rings. The van der Waals surface area contributed by atoms with Gasteiger partial charge in [-0.05, 0) is 12.1 Å². The van der Waals surface area contributed by atoms with E-state index in [1.54, 1.807) is 12.1 Å². The minimum atomic E-state index is -0.335. The number of halogens is 1. The third-order valence-electron chi connectivity index (χ3n) is 2.07. The van der Waals surface area contributed by atoms with Crippen molar-refractivity contribution < 1.29 is 18.7 Å². The maximum absolute atomic E-state index is 12.8. The molecule has 0 aromatic heterocycles. The van der Waals surface area contributed by atoms with Crippen LogP contribution >= 0.6 is 0 Å². The van der Waals surface area contributed by atoms with Gasteiger partial charge in [0.1, 0.15) is 11.6 Å². The fraction of sp³-hybridized carbons (Fsp3) is 0.417. The summed E-state index contributed by atoms with van der Waals surface area (Å²) in [6.07, 6.45) is 0.297. The zero-order chi connectivity index (χ0) is 12.0. The predicted octanol–water partition coefficient (Wildman–Crippen LogP) is 2.40. The Morgan fingerprint density at radius 3 is 2.88 bits per heavy atom. The third-order valence-corrected chi connectivity index (χ3v) is 2.07. The molecule has 0 aliphatic carbocycles. The topological polar surface area (TPSA) is 35.5 Å². The lowest BCUT2D eigenvalue weighted by Crippen LogP contribution is -2.14. The zero-order valence-electron chi connectivity index (χ0n) is 9.40. The predicted molar refractivity (Wildman–Crippen MR) is 57.7 cm³/mol. The van der Waals surface area contributed by atoms with Crippen LogP contribution in [0.3, 0.4) is 0 Å². The molecule has 0 aliphatic heterocycles. The zero-order valence-corrected chi connectivity index (χ0v) is 9.40. The van der Waals surface area contributed by atoms with E-state index in [1.165, 1.54) is 19.2 Å². The van der Waals surface area contributed by atoms with Crippen molar-refractivity contribution in [2.45, 2.75) is 13.3 Å². The summed E-state index contributed by atoms with van der Waals surface area (Å²) in [4.78, 5) is 10.9. The van der Waals surface area contributed by atoms with Gasteiger partial charge >= 0.3 is 5.97 Å². The van der Waals surface area contributed by atoms with Crippen LogP contribution in [0.15, 0.2) is 24.3 Å². The molecular formula is C12H15FO3. The number of esters is 1. The van der Waals surface area contributed by atoms with Gasteiger partial charge in [-0.2, -0.15) is 0 Å². The number of hydrogen-bond donors (Lipinski definition) is 0. The highest BCUT2D eigenvalue weighted by Gasteiger charge is 2.09. The van der Waals surface area contributed by atoms with Gasteiger partial charge in [0.2, 0.25) is 0 Å². The molecule has 1 rings (SSSR count). The number of carbonyl (C=O) groups is 1. The van der Waals surface area contributed by atoms with E-state index in [1.807, 2.05) is 6.92 Å². The second-order valence-electron chi connectivity index (χ2n) is 3.65. The second kappa shape index (κ2) is 6.10. The molecule has 4 heteroatoms. The van der Waals surface area contributed by atoms with Crippen molar-refractivity contribution in [2.75, 3.05) is 13.7 Å². The van der Waals surface area contributed by atoms with Crippen molar-refractivity contribution in [3.05, 3.63) is 30.1 Å². The molecule has 0 N–H and O–H groups in total. The monoisotopic (exact) mass is 226 g/mol. The highest BCUT2D eigenvalue weighted by atomic mass is 19.1. The van der Waals surface area contributed by atoms with Crippen LogP contribution in [-0.4, -0.2) is 19.7 Å². The van der Waals surface area contributed by atoms with Gasteiger partial charge < -0.3 is 9.47 Å². The first-order chi connectivity index (χ1) is 7.61. The molecule has 0 radical (unpaired) electrons. The van der Waals surface area contributed by atoms with Gasteiger partial charge in [0.05, 0.1) is 20.1 Å². The summed E-state index contributed by atoms with van der Waals surface area (Å²) in [5.41, 5.74) is 0. The molecule has 0 amide bonds. The van der Waals surface area contributed by atoms with Crippen molar-refractivity contribution in [3.8, 4) is 5.75 Å². The second-order valence-corrected chi connectivity index (χ2v) is 3.65. The Labute approximate surface area is 94.2 Å². The van der Waals surface area contributed by atoms with Gasteiger partial charge in [0.15, 0.2) is 0 Å². The molecule has 1 atom stereocenters. The van der Waals surface area contributed by atoms with Crippen LogP contribution in [0.25, 0.3) is 0 Å². The molecule has 3 nitrogen and oxygen atoms in total. The van der Waals surface area contributed by atoms with Crippen molar-refractivity contribution in [1.82, 2.24) is 0 Å². The van der Waals surface area contributed by atoms with Gasteiger partial charge in [-0.1, -0.05) is 13.0 Å². The quantitative estimate of drug-likeness (QED) is 0.723. The van der Waals surface area contributed by atoms with E-state index in [4.69, 9.17) is 4.74 Å². The molecule has 16 heavy (non-hydrogen) atoms. The lowest BCUT2D eigenvalue weighted by atomic mass is 10.1. The van der Waals surface area contributed by atoms with E-state index in [0.29, 0.717) is 18.8 Å². The fourth-order valence-corrected chi connectivity index (χ4v) is 1.22. The van der Waals surface area contributed by atoms with E-state index in [-0.39, 0.29) is 17.7 Å². The van der Waals surface area contributed by atoms with E-state index in [2.05, 4.69) is 4.74 Å². The summed E-state index contributed by atoms with van der Waals surface area (Å²) in [5, 5.41) is 0. The minimum absolute atomic E-state index is 0.0377. The summed E-state index contributed by atoms with van der Waals surface area (Å²) in [5.74, 6) is -0.0964. The van der Waals surface area contributed by atoms with Gasteiger partial charge in [-0.3, -0.25) is 4.79 Å². The van der Waals surface area contributed by atoms with Crippen LogP contribution in [0.1, 0.15) is 13.3 Å². The molecule has 0 aliphatic rings. The first kappa shape index (κ1) is 12.5. The summed E-state index contributed by atoms with van der Waals surface area (Å²) in [6, 6.07) is 5.92. The summed E-state index contributed by atoms with van der Waals surface area (Å²) in [6.45, 7) is 2.23. The summed E-state index contributed by atoms with van der Waals surface area (Å²) < 4.78 is 22.7. The Morgan fingerprint density at radius 2 is 2.25 bits per heavy atom. The van der Waals surface area contributed by atoms with Gasteiger partial charge in [-0.15, -0.1) is 0 Å². The van der Waals surface area contributed by atoms with E-state index in [9.17, 15) is 9.18 Å². The molecule has 0 spiro atoms. The van der Waals surface area contributed by atoms with Gasteiger partial charge in [-0.25, -0.2) is 4.39 Å². The molecule has 0 bridgehead atoms. The van der Waals surface area contributed by atoms with Crippen molar-refractivity contribution in [1.29, 1.82) is 0 Å². The molecule has 88 valence electrons. The summed E-state index contributed by atoms with van der Waals surface area (Å²) in [7, 11) is 1.35. The van der Waals surface area contributed by atoms with Gasteiger partial charge in [0.25, 0.3) is 0 Å². The van der Waals surface area contributed by atoms with Crippen LogP contribution in [-0.2, 0) is 9.53 Å². The summed E-state index contributed by atoms with van der Waals surface area (Å²) >= 11 is 0. The van der Waals surface area contributed by atoms with Crippen LogP contribution < -0.4 is 4.74 Å². The van der Waals surface area contributed by atoms with E-state index < -0.39 is 0 Å². The Balaban J connectivity index is 2.37. The molecule has 0 heterocycles. The van der Waals surface area contributed by atoms with Crippen LogP contribution in [0, 0.1) is 11.7 Å². The molecule has 0 saturated carbocycles. The van der Waals surface area contributed by atoms with Crippen LogP contribution in [0.2, 0.25) is 0 Å². The van der Waals surface area contributed by atoms with E-state index >= 15 is 0 Å². The maximum Gasteiger partial charge on any atom is 0.305 e. The van der Waals surface area contributed by atoms with Gasteiger partial charge in [0, 0.05) is 12.0 Å². The SMILES string of the molecule is COC(=O)CC(C)COc1cccc(F)c1. The standard InChI is InChI=1S/C12H15FO3/c1-9(6-12(14)15-2)8-16-11-5-3-4-10(13)7-11/h3-5,7,9H,6,8H2,1-2H3. The Morgan fingerprint density at radius 1 is 1.50 bits per heavy atom. The lowest BCUT2D eigenvalue weighted by molar-refractivity contribution is -0.141. The first-order valence-corrected chi connectivity index (χ1v) is 5.07. The number of benzene rings is 1. The minimum Gasteiger partial charge on any atom is -0.493 e. The highest BCUT2D eigenvalue weighted by Crippen LogP contribution is 2.14. The van der Waals surface area contributed by atoms with Crippen molar-refractivity contribution >= 4 is 5.97 Å². The Kier molecular flexibility index (Phi) is 4.76. The fourth-order valence-electron chi connectivity index (χ4n) is 1.22. The first-order valence-electron chi connectivity index (χ1n) is 5.07. The number of carbonyl (C=O) groups excluding carboxylic acids is 1. The van der Waals surface area contributed by atoms with E-state index in [0.717, 1.165) is 0 Å². The lowest BCUT2D eigenvalue weighted by Gasteiger charge is -2.11. The smallest absolute Gasteiger partial charge is 0.305 e. The molecule has 1 aromatic carbocycles. The largest absolute Gasteiger partial charge is 0.493 e. The molecule has 1 unspecified atom stereocenters. The molecule has 0 saturated heterocycles. The maximum atomic E-state index is 12.8.